The molecule has 160 valence electrons. The van der Waals surface area contributed by atoms with E-state index in [4.69, 9.17) is 4.74 Å². The van der Waals surface area contributed by atoms with Gasteiger partial charge in [0.2, 0.25) is 0 Å². The zero-order valence-electron chi connectivity index (χ0n) is 18.1. The number of methoxy groups -OCH3 is 1. The van der Waals surface area contributed by atoms with Gasteiger partial charge in [0.15, 0.2) is 0 Å². The SMILES string of the molecule is COC(=O)c1c(NC(=O)c2ccc(C)cc2)sc(C(=O)Nc2cc(C)cc(C)c2)c1C. The Bertz CT molecular complexity index is 1140. The normalized spacial score (nSPS) is 10.5. The molecule has 0 bridgehead atoms. The third kappa shape index (κ3) is 5.00. The number of esters is 1. The lowest BCUT2D eigenvalue weighted by Crippen LogP contribution is -2.14. The molecule has 6 nitrogen and oxygen atoms in total. The largest absolute Gasteiger partial charge is 0.465 e. The van der Waals surface area contributed by atoms with Gasteiger partial charge in [-0.1, -0.05) is 23.8 Å². The Balaban J connectivity index is 1.93. The third-order valence-corrected chi connectivity index (χ3v) is 5.97. The molecule has 0 saturated carbocycles. The van der Waals surface area contributed by atoms with Gasteiger partial charge in [-0.25, -0.2) is 4.79 Å². The number of benzene rings is 2. The molecule has 0 spiro atoms. The number of hydrogen-bond acceptors (Lipinski definition) is 5. The van der Waals surface area contributed by atoms with Crippen LogP contribution in [0.4, 0.5) is 10.7 Å². The molecule has 0 saturated heterocycles. The van der Waals surface area contributed by atoms with E-state index in [0.717, 1.165) is 28.0 Å². The first-order chi connectivity index (χ1) is 14.7. The molecule has 2 aromatic carbocycles. The number of anilines is 2. The summed E-state index contributed by atoms with van der Waals surface area (Å²) >= 11 is 1.05. The van der Waals surface area contributed by atoms with Crippen molar-refractivity contribution in [2.45, 2.75) is 27.7 Å². The number of carbonyl (C=O) groups excluding carboxylic acids is 3. The van der Waals surface area contributed by atoms with Crippen molar-refractivity contribution < 1.29 is 19.1 Å². The number of thiophene rings is 1. The van der Waals surface area contributed by atoms with Gasteiger partial charge >= 0.3 is 5.97 Å². The molecule has 0 aliphatic carbocycles. The zero-order chi connectivity index (χ0) is 22.7. The van der Waals surface area contributed by atoms with E-state index in [-0.39, 0.29) is 22.4 Å². The second-order valence-corrected chi connectivity index (χ2v) is 8.42. The summed E-state index contributed by atoms with van der Waals surface area (Å²) in [6.07, 6.45) is 0. The van der Waals surface area contributed by atoms with Gasteiger partial charge in [0, 0.05) is 11.3 Å². The van der Waals surface area contributed by atoms with Gasteiger partial charge in [-0.15, -0.1) is 11.3 Å². The summed E-state index contributed by atoms with van der Waals surface area (Å²) in [6, 6.07) is 12.8. The van der Waals surface area contributed by atoms with Crippen LogP contribution in [-0.4, -0.2) is 24.9 Å². The van der Waals surface area contributed by atoms with Crippen LogP contribution in [0.2, 0.25) is 0 Å². The monoisotopic (exact) mass is 436 g/mol. The van der Waals surface area contributed by atoms with Gasteiger partial charge in [0.1, 0.15) is 5.00 Å². The van der Waals surface area contributed by atoms with E-state index in [1.54, 1.807) is 19.1 Å². The topological polar surface area (TPSA) is 84.5 Å². The van der Waals surface area contributed by atoms with E-state index in [1.807, 2.05) is 51.1 Å². The van der Waals surface area contributed by atoms with Crippen LogP contribution in [0.15, 0.2) is 42.5 Å². The standard InChI is InChI=1S/C24H24N2O4S/c1-13-6-8-17(9-7-13)21(27)26-23-19(24(29)30-5)16(4)20(31-23)22(28)25-18-11-14(2)10-15(3)12-18/h6-12H,1-5H3,(H,25,28)(H,26,27). The van der Waals surface area contributed by atoms with Crippen LogP contribution in [0, 0.1) is 27.7 Å². The van der Waals surface area contributed by atoms with E-state index in [9.17, 15) is 14.4 Å². The molecule has 0 aliphatic rings. The van der Waals surface area contributed by atoms with Crippen LogP contribution in [0.25, 0.3) is 0 Å². The van der Waals surface area contributed by atoms with Crippen molar-refractivity contribution in [2.75, 3.05) is 17.7 Å². The minimum atomic E-state index is -0.613. The van der Waals surface area contributed by atoms with E-state index in [2.05, 4.69) is 10.6 Å². The minimum Gasteiger partial charge on any atom is -0.465 e. The predicted molar refractivity (Wildman–Crippen MR) is 123 cm³/mol. The fraction of sp³-hybridized carbons (Fsp3) is 0.208. The maximum absolute atomic E-state index is 13.0. The Morgan fingerprint density at radius 1 is 0.806 bits per heavy atom. The molecule has 31 heavy (non-hydrogen) atoms. The highest BCUT2D eigenvalue weighted by Crippen LogP contribution is 2.34. The lowest BCUT2D eigenvalue weighted by Gasteiger charge is -2.07. The van der Waals surface area contributed by atoms with Gasteiger partial charge in [-0.2, -0.15) is 0 Å². The average molecular weight is 437 g/mol. The van der Waals surface area contributed by atoms with Crippen molar-refractivity contribution in [3.05, 3.63) is 80.7 Å². The number of rotatable bonds is 5. The first-order valence-corrected chi connectivity index (χ1v) is 10.5. The molecule has 0 unspecified atom stereocenters. The van der Waals surface area contributed by atoms with Crippen molar-refractivity contribution in [1.29, 1.82) is 0 Å². The highest BCUT2D eigenvalue weighted by molar-refractivity contribution is 7.19. The first kappa shape index (κ1) is 22.2. The second-order valence-electron chi connectivity index (χ2n) is 7.40. The highest BCUT2D eigenvalue weighted by atomic mass is 32.1. The van der Waals surface area contributed by atoms with Crippen LogP contribution < -0.4 is 10.6 Å². The Hall–Kier alpha value is -3.45. The van der Waals surface area contributed by atoms with Gasteiger partial charge in [0.05, 0.1) is 17.6 Å². The Kier molecular flexibility index (Phi) is 6.56. The first-order valence-electron chi connectivity index (χ1n) is 9.69. The van der Waals surface area contributed by atoms with Gasteiger partial charge in [-0.3, -0.25) is 9.59 Å². The zero-order valence-corrected chi connectivity index (χ0v) is 18.9. The van der Waals surface area contributed by atoms with Crippen molar-refractivity contribution in [3.8, 4) is 0 Å². The van der Waals surface area contributed by atoms with Crippen LogP contribution >= 0.6 is 11.3 Å². The van der Waals surface area contributed by atoms with Crippen LogP contribution in [0.5, 0.6) is 0 Å². The molecule has 0 radical (unpaired) electrons. The molecule has 0 fully saturated rings. The molecule has 2 amide bonds. The van der Waals surface area contributed by atoms with E-state index < -0.39 is 5.97 Å². The van der Waals surface area contributed by atoms with Crippen molar-refractivity contribution in [3.63, 3.8) is 0 Å². The molecule has 1 heterocycles. The van der Waals surface area contributed by atoms with Crippen molar-refractivity contribution >= 4 is 39.8 Å². The number of hydrogen-bond donors (Lipinski definition) is 2. The summed E-state index contributed by atoms with van der Waals surface area (Å²) < 4.78 is 4.89. The van der Waals surface area contributed by atoms with Crippen LogP contribution in [0.1, 0.15) is 52.6 Å². The molecule has 0 aliphatic heterocycles. The summed E-state index contributed by atoms with van der Waals surface area (Å²) in [6.45, 7) is 7.50. The number of carbonyl (C=O) groups is 3. The Morgan fingerprint density at radius 2 is 1.42 bits per heavy atom. The highest BCUT2D eigenvalue weighted by Gasteiger charge is 2.26. The van der Waals surface area contributed by atoms with Crippen molar-refractivity contribution in [2.24, 2.45) is 0 Å². The Labute approximate surface area is 185 Å². The number of ether oxygens (including phenoxy) is 1. The summed E-state index contributed by atoms with van der Waals surface area (Å²) in [4.78, 5) is 38.4. The molecule has 2 N–H and O–H groups in total. The fourth-order valence-electron chi connectivity index (χ4n) is 3.28. The molecule has 1 aromatic heterocycles. The number of aryl methyl sites for hydroxylation is 3. The lowest BCUT2D eigenvalue weighted by atomic mass is 10.1. The summed E-state index contributed by atoms with van der Waals surface area (Å²) in [5.41, 5.74) is 4.84. The van der Waals surface area contributed by atoms with E-state index in [0.29, 0.717) is 21.7 Å². The molecule has 3 aromatic rings. The Morgan fingerprint density at radius 3 is 2.00 bits per heavy atom. The third-order valence-electron chi connectivity index (χ3n) is 4.76. The predicted octanol–water partition coefficient (Wildman–Crippen LogP) is 5.27. The number of amides is 2. The van der Waals surface area contributed by atoms with Crippen LogP contribution in [0.3, 0.4) is 0 Å². The molecule has 0 atom stereocenters. The lowest BCUT2D eigenvalue weighted by molar-refractivity contribution is 0.0601. The van der Waals surface area contributed by atoms with Gasteiger partial charge < -0.3 is 15.4 Å². The fourth-order valence-corrected chi connectivity index (χ4v) is 4.37. The maximum Gasteiger partial charge on any atom is 0.341 e. The molecule has 7 heteroatoms. The van der Waals surface area contributed by atoms with Crippen LogP contribution in [-0.2, 0) is 4.74 Å². The summed E-state index contributed by atoms with van der Waals surface area (Å²) in [5.74, 6) is -1.33. The summed E-state index contributed by atoms with van der Waals surface area (Å²) in [5, 5.41) is 5.91. The van der Waals surface area contributed by atoms with E-state index >= 15 is 0 Å². The maximum atomic E-state index is 13.0. The van der Waals surface area contributed by atoms with Gasteiger partial charge in [0.25, 0.3) is 11.8 Å². The molecule has 3 rings (SSSR count). The smallest absolute Gasteiger partial charge is 0.341 e. The minimum absolute atomic E-state index is 0.179. The summed E-state index contributed by atoms with van der Waals surface area (Å²) in [7, 11) is 1.26. The van der Waals surface area contributed by atoms with Crippen molar-refractivity contribution in [1.82, 2.24) is 0 Å². The molecular weight excluding hydrogens is 412 g/mol. The molecular formula is C24H24N2O4S. The quantitative estimate of drug-likeness (QED) is 0.534. The van der Waals surface area contributed by atoms with Gasteiger partial charge in [-0.05, 0) is 68.7 Å². The second kappa shape index (κ2) is 9.14. The number of nitrogens with one attached hydrogen (secondary N) is 2. The average Bonchev–Trinajstić information content (AvgIpc) is 3.03. The van der Waals surface area contributed by atoms with E-state index in [1.165, 1.54) is 7.11 Å².